The number of nitrogens with zero attached hydrogens (tertiary/aromatic N) is 2. The van der Waals surface area contributed by atoms with Gasteiger partial charge in [-0.3, -0.25) is 0 Å². The summed E-state index contributed by atoms with van der Waals surface area (Å²) in [4.78, 5) is 8.32. The van der Waals surface area contributed by atoms with Crippen LogP contribution in [-0.2, 0) is 0 Å². The number of halogens is 1. The quantitative estimate of drug-likeness (QED) is 0.829. The van der Waals surface area contributed by atoms with Crippen LogP contribution >= 0.6 is 15.9 Å². The van der Waals surface area contributed by atoms with Gasteiger partial charge in [-0.25, -0.2) is 9.97 Å². The first-order valence-electron chi connectivity index (χ1n) is 5.44. The van der Waals surface area contributed by atoms with Crippen molar-refractivity contribution in [3.05, 3.63) is 28.5 Å². The third kappa shape index (κ3) is 3.57. The zero-order valence-electron chi connectivity index (χ0n) is 9.04. The molecule has 1 aromatic heterocycles. The Kier molecular flexibility index (Phi) is 4.30. The van der Waals surface area contributed by atoms with Crippen LogP contribution in [0.1, 0.15) is 12.8 Å². The molecule has 0 saturated heterocycles. The summed E-state index contributed by atoms with van der Waals surface area (Å²) in [5.74, 6) is 0.692. The van der Waals surface area contributed by atoms with E-state index < -0.39 is 0 Å². The predicted octanol–water partition coefficient (Wildman–Crippen LogP) is 1.96. The Bertz CT molecular complexity index is 361. The standard InChI is InChI=1S/C11H15BrN4/c12-10-7-15-11(16-8-10)14-6-3-9-1-4-13-5-2-9/h1,7-8,13H,2-6H2,(H,14,15,16). The highest BCUT2D eigenvalue weighted by atomic mass is 79.9. The monoisotopic (exact) mass is 282 g/mol. The third-order valence-electron chi connectivity index (χ3n) is 2.51. The van der Waals surface area contributed by atoms with Crippen LogP contribution in [0.5, 0.6) is 0 Å². The summed E-state index contributed by atoms with van der Waals surface area (Å²) >= 11 is 3.31. The number of nitrogens with one attached hydrogen (secondary N) is 2. The molecule has 0 aliphatic carbocycles. The van der Waals surface area contributed by atoms with Crippen molar-refractivity contribution in [2.45, 2.75) is 12.8 Å². The molecule has 86 valence electrons. The molecule has 0 radical (unpaired) electrons. The van der Waals surface area contributed by atoms with Crippen LogP contribution in [0.15, 0.2) is 28.5 Å². The van der Waals surface area contributed by atoms with Gasteiger partial charge in [0.2, 0.25) is 5.95 Å². The normalized spacial score (nSPS) is 15.7. The molecule has 0 bridgehead atoms. The number of hydrogen-bond acceptors (Lipinski definition) is 4. The van der Waals surface area contributed by atoms with E-state index >= 15 is 0 Å². The summed E-state index contributed by atoms with van der Waals surface area (Å²) in [5, 5.41) is 6.52. The molecule has 0 atom stereocenters. The van der Waals surface area contributed by atoms with E-state index in [1.807, 2.05) is 0 Å². The van der Waals surface area contributed by atoms with Gasteiger partial charge >= 0.3 is 0 Å². The van der Waals surface area contributed by atoms with E-state index in [9.17, 15) is 0 Å². The zero-order chi connectivity index (χ0) is 11.2. The van der Waals surface area contributed by atoms with Crippen LogP contribution in [0, 0.1) is 0 Å². The fourth-order valence-electron chi connectivity index (χ4n) is 1.64. The molecule has 4 nitrogen and oxygen atoms in total. The van der Waals surface area contributed by atoms with Gasteiger partial charge in [0, 0.05) is 25.5 Å². The number of anilines is 1. The highest BCUT2D eigenvalue weighted by Crippen LogP contribution is 2.10. The van der Waals surface area contributed by atoms with Gasteiger partial charge in [-0.15, -0.1) is 0 Å². The van der Waals surface area contributed by atoms with Gasteiger partial charge < -0.3 is 10.6 Å². The lowest BCUT2D eigenvalue weighted by molar-refractivity contribution is 0.683. The Morgan fingerprint density at radius 1 is 1.38 bits per heavy atom. The highest BCUT2D eigenvalue weighted by molar-refractivity contribution is 9.10. The predicted molar refractivity (Wildman–Crippen MR) is 68.4 cm³/mol. The van der Waals surface area contributed by atoms with E-state index in [0.29, 0.717) is 5.95 Å². The molecule has 2 rings (SSSR count). The minimum absolute atomic E-state index is 0.692. The Morgan fingerprint density at radius 3 is 2.88 bits per heavy atom. The molecule has 1 aromatic rings. The molecular weight excluding hydrogens is 268 g/mol. The lowest BCUT2D eigenvalue weighted by Gasteiger charge is -2.14. The van der Waals surface area contributed by atoms with Crippen LogP contribution in [0.25, 0.3) is 0 Å². The van der Waals surface area contributed by atoms with Crippen molar-refractivity contribution in [1.82, 2.24) is 15.3 Å². The molecule has 1 aliphatic heterocycles. The summed E-state index contributed by atoms with van der Waals surface area (Å²) in [6.07, 6.45) is 8.00. The number of aromatic nitrogens is 2. The molecule has 0 saturated carbocycles. The smallest absolute Gasteiger partial charge is 0.222 e. The lowest BCUT2D eigenvalue weighted by Crippen LogP contribution is -2.21. The second-order valence-electron chi connectivity index (χ2n) is 3.72. The summed E-state index contributed by atoms with van der Waals surface area (Å²) in [6, 6.07) is 0. The van der Waals surface area contributed by atoms with Gasteiger partial charge in [0.05, 0.1) is 4.47 Å². The highest BCUT2D eigenvalue weighted by Gasteiger charge is 2.02. The van der Waals surface area contributed by atoms with Gasteiger partial charge in [0.1, 0.15) is 0 Å². The molecule has 0 fully saturated rings. The molecule has 16 heavy (non-hydrogen) atoms. The van der Waals surface area contributed by atoms with Crippen molar-refractivity contribution >= 4 is 21.9 Å². The fraction of sp³-hybridized carbons (Fsp3) is 0.455. The largest absolute Gasteiger partial charge is 0.354 e. The Hall–Kier alpha value is -0.940. The number of rotatable bonds is 4. The first-order valence-corrected chi connectivity index (χ1v) is 6.24. The Labute approximate surface area is 104 Å². The van der Waals surface area contributed by atoms with Crippen LogP contribution in [0.4, 0.5) is 5.95 Å². The molecule has 0 unspecified atom stereocenters. The van der Waals surface area contributed by atoms with E-state index in [2.05, 4.69) is 42.6 Å². The summed E-state index contributed by atoms with van der Waals surface area (Å²) in [5.41, 5.74) is 1.52. The second-order valence-corrected chi connectivity index (χ2v) is 4.63. The molecule has 0 aromatic carbocycles. The van der Waals surface area contributed by atoms with Crippen molar-refractivity contribution in [3.63, 3.8) is 0 Å². The van der Waals surface area contributed by atoms with Crippen molar-refractivity contribution in [1.29, 1.82) is 0 Å². The molecule has 5 heteroatoms. The average molecular weight is 283 g/mol. The van der Waals surface area contributed by atoms with E-state index in [1.165, 1.54) is 5.57 Å². The lowest BCUT2D eigenvalue weighted by atomic mass is 10.1. The SMILES string of the molecule is Brc1cnc(NCCC2=CCNCC2)nc1. The maximum Gasteiger partial charge on any atom is 0.222 e. The minimum Gasteiger partial charge on any atom is -0.354 e. The summed E-state index contributed by atoms with van der Waals surface area (Å²) in [7, 11) is 0. The summed E-state index contributed by atoms with van der Waals surface area (Å²) < 4.78 is 0.902. The van der Waals surface area contributed by atoms with Gasteiger partial charge in [0.15, 0.2) is 0 Å². The van der Waals surface area contributed by atoms with Crippen LogP contribution in [0.3, 0.4) is 0 Å². The van der Waals surface area contributed by atoms with Crippen molar-refractivity contribution in [2.75, 3.05) is 25.0 Å². The van der Waals surface area contributed by atoms with Crippen molar-refractivity contribution in [2.24, 2.45) is 0 Å². The average Bonchev–Trinajstić information content (AvgIpc) is 2.33. The Morgan fingerprint density at radius 2 is 2.19 bits per heavy atom. The van der Waals surface area contributed by atoms with Crippen LogP contribution in [0.2, 0.25) is 0 Å². The molecular formula is C11H15BrN4. The van der Waals surface area contributed by atoms with E-state index in [0.717, 1.165) is 36.9 Å². The zero-order valence-corrected chi connectivity index (χ0v) is 10.6. The molecule has 2 N–H and O–H groups in total. The van der Waals surface area contributed by atoms with Gasteiger partial charge in [-0.2, -0.15) is 0 Å². The summed E-state index contributed by atoms with van der Waals surface area (Å²) in [6.45, 7) is 3.00. The number of hydrogen-bond donors (Lipinski definition) is 2. The topological polar surface area (TPSA) is 49.8 Å². The second kappa shape index (κ2) is 5.96. The third-order valence-corrected chi connectivity index (χ3v) is 2.92. The molecule has 0 spiro atoms. The maximum absolute atomic E-state index is 4.16. The Balaban J connectivity index is 1.75. The minimum atomic E-state index is 0.692. The fourth-order valence-corrected chi connectivity index (χ4v) is 1.84. The van der Waals surface area contributed by atoms with Crippen molar-refractivity contribution in [3.8, 4) is 0 Å². The molecule has 2 heterocycles. The van der Waals surface area contributed by atoms with Crippen LogP contribution in [-0.4, -0.2) is 29.6 Å². The van der Waals surface area contributed by atoms with E-state index in [4.69, 9.17) is 0 Å². The molecule has 0 amide bonds. The molecule has 1 aliphatic rings. The van der Waals surface area contributed by atoms with Crippen molar-refractivity contribution < 1.29 is 0 Å². The van der Waals surface area contributed by atoms with Crippen LogP contribution < -0.4 is 10.6 Å². The first kappa shape index (κ1) is 11.5. The first-order chi connectivity index (χ1) is 7.84. The van der Waals surface area contributed by atoms with Gasteiger partial charge in [-0.05, 0) is 35.3 Å². The maximum atomic E-state index is 4.16. The van der Waals surface area contributed by atoms with E-state index in [1.54, 1.807) is 12.4 Å². The van der Waals surface area contributed by atoms with Gasteiger partial charge in [-0.1, -0.05) is 11.6 Å². The van der Waals surface area contributed by atoms with Gasteiger partial charge in [0.25, 0.3) is 0 Å². The van der Waals surface area contributed by atoms with E-state index in [-0.39, 0.29) is 0 Å².